The molecule has 1 aliphatic rings. The third kappa shape index (κ3) is 5.01. The van der Waals surface area contributed by atoms with E-state index < -0.39 is 0 Å². The van der Waals surface area contributed by atoms with E-state index in [1.54, 1.807) is 0 Å². The Balaban J connectivity index is 2.23. The molecule has 1 heteroatoms. The largest absolute Gasteiger partial charge is 0.327 e. The first-order valence-corrected chi connectivity index (χ1v) is 6.76. The highest BCUT2D eigenvalue weighted by molar-refractivity contribution is 4.78. The Kier molecular flexibility index (Phi) is 5.11. The fourth-order valence-corrected chi connectivity index (χ4v) is 2.50. The van der Waals surface area contributed by atoms with Crippen LogP contribution < -0.4 is 5.73 Å². The molecule has 0 saturated heterocycles. The van der Waals surface area contributed by atoms with Crippen LogP contribution in [-0.4, -0.2) is 6.04 Å². The second kappa shape index (κ2) is 5.89. The van der Waals surface area contributed by atoms with Crippen molar-refractivity contribution in [3.05, 3.63) is 0 Å². The highest BCUT2D eigenvalue weighted by atomic mass is 14.7. The van der Waals surface area contributed by atoms with Crippen molar-refractivity contribution in [3.63, 3.8) is 0 Å². The SMILES string of the molecule is CC(C)(C)C(N)CCC1CCCCCC1. The van der Waals surface area contributed by atoms with E-state index in [9.17, 15) is 0 Å². The number of nitrogens with two attached hydrogens (primary N) is 1. The van der Waals surface area contributed by atoms with Crippen molar-refractivity contribution in [3.8, 4) is 0 Å². The van der Waals surface area contributed by atoms with Gasteiger partial charge >= 0.3 is 0 Å². The first kappa shape index (κ1) is 13.0. The number of rotatable bonds is 3. The van der Waals surface area contributed by atoms with Crippen molar-refractivity contribution >= 4 is 0 Å². The van der Waals surface area contributed by atoms with Gasteiger partial charge in [-0.1, -0.05) is 59.3 Å². The lowest BCUT2D eigenvalue weighted by Gasteiger charge is -2.28. The Morgan fingerprint density at radius 3 is 2.07 bits per heavy atom. The lowest BCUT2D eigenvalue weighted by atomic mass is 9.82. The zero-order valence-corrected chi connectivity index (χ0v) is 10.9. The Hall–Kier alpha value is -0.0400. The van der Waals surface area contributed by atoms with E-state index in [2.05, 4.69) is 20.8 Å². The standard InChI is InChI=1S/C14H29N/c1-14(2,3)13(15)11-10-12-8-6-4-5-7-9-12/h12-13H,4-11,15H2,1-3H3. The quantitative estimate of drug-likeness (QED) is 0.698. The first-order chi connectivity index (χ1) is 7.00. The van der Waals surface area contributed by atoms with E-state index in [1.807, 2.05) is 0 Å². The molecule has 0 aromatic rings. The predicted octanol–water partition coefficient (Wildman–Crippen LogP) is 4.11. The highest BCUT2D eigenvalue weighted by Gasteiger charge is 2.22. The highest BCUT2D eigenvalue weighted by Crippen LogP contribution is 2.29. The minimum absolute atomic E-state index is 0.282. The van der Waals surface area contributed by atoms with Crippen LogP contribution in [0.25, 0.3) is 0 Å². The summed E-state index contributed by atoms with van der Waals surface area (Å²) >= 11 is 0. The zero-order valence-electron chi connectivity index (χ0n) is 10.9. The molecular formula is C14H29N. The Labute approximate surface area is 95.8 Å². The molecule has 1 aliphatic carbocycles. The van der Waals surface area contributed by atoms with E-state index in [-0.39, 0.29) is 5.41 Å². The zero-order chi connectivity index (χ0) is 11.3. The van der Waals surface area contributed by atoms with Crippen molar-refractivity contribution in [1.82, 2.24) is 0 Å². The Bertz CT molecular complexity index is 161. The summed E-state index contributed by atoms with van der Waals surface area (Å²) in [4.78, 5) is 0. The van der Waals surface area contributed by atoms with Gasteiger partial charge in [-0.25, -0.2) is 0 Å². The second-order valence-electron chi connectivity index (χ2n) is 6.41. The lowest BCUT2D eigenvalue weighted by molar-refractivity contribution is 0.278. The molecule has 1 rings (SSSR count). The molecule has 0 amide bonds. The van der Waals surface area contributed by atoms with Crippen LogP contribution >= 0.6 is 0 Å². The molecular weight excluding hydrogens is 182 g/mol. The van der Waals surface area contributed by atoms with Gasteiger partial charge in [0.1, 0.15) is 0 Å². The minimum Gasteiger partial charge on any atom is -0.327 e. The smallest absolute Gasteiger partial charge is 0.00877 e. The normalized spacial score (nSPS) is 22.4. The van der Waals surface area contributed by atoms with E-state index in [0.29, 0.717) is 6.04 Å². The molecule has 0 aromatic carbocycles. The van der Waals surface area contributed by atoms with Gasteiger partial charge in [0.2, 0.25) is 0 Å². The maximum atomic E-state index is 6.21. The molecule has 1 atom stereocenters. The van der Waals surface area contributed by atoms with Crippen molar-refractivity contribution in [2.45, 2.75) is 78.2 Å². The van der Waals surface area contributed by atoms with E-state index in [1.165, 1.54) is 51.4 Å². The summed E-state index contributed by atoms with van der Waals surface area (Å²) in [6.45, 7) is 6.76. The third-order valence-electron chi connectivity index (χ3n) is 3.97. The molecule has 90 valence electrons. The van der Waals surface area contributed by atoms with Gasteiger partial charge in [-0.15, -0.1) is 0 Å². The molecule has 1 unspecified atom stereocenters. The average molecular weight is 211 g/mol. The summed E-state index contributed by atoms with van der Waals surface area (Å²) in [6.07, 6.45) is 11.3. The fourth-order valence-electron chi connectivity index (χ4n) is 2.50. The van der Waals surface area contributed by atoms with Gasteiger partial charge in [0.15, 0.2) is 0 Å². The van der Waals surface area contributed by atoms with Gasteiger partial charge in [0.05, 0.1) is 0 Å². The van der Waals surface area contributed by atoms with Crippen LogP contribution in [0.2, 0.25) is 0 Å². The summed E-state index contributed by atoms with van der Waals surface area (Å²) < 4.78 is 0. The fraction of sp³-hybridized carbons (Fsp3) is 1.00. The van der Waals surface area contributed by atoms with Crippen LogP contribution in [0.5, 0.6) is 0 Å². The lowest BCUT2D eigenvalue weighted by Crippen LogP contribution is -2.35. The molecule has 15 heavy (non-hydrogen) atoms. The Morgan fingerprint density at radius 2 is 1.60 bits per heavy atom. The van der Waals surface area contributed by atoms with Crippen LogP contribution in [0.15, 0.2) is 0 Å². The summed E-state index contributed by atoms with van der Waals surface area (Å²) in [5.74, 6) is 0.973. The van der Waals surface area contributed by atoms with Gasteiger partial charge in [0.25, 0.3) is 0 Å². The maximum absolute atomic E-state index is 6.21. The van der Waals surface area contributed by atoms with Crippen LogP contribution in [0, 0.1) is 11.3 Å². The monoisotopic (exact) mass is 211 g/mol. The van der Waals surface area contributed by atoms with Gasteiger partial charge in [0, 0.05) is 6.04 Å². The molecule has 1 fully saturated rings. The maximum Gasteiger partial charge on any atom is 0.00877 e. The topological polar surface area (TPSA) is 26.0 Å². The first-order valence-electron chi connectivity index (χ1n) is 6.76. The molecule has 1 saturated carbocycles. The second-order valence-corrected chi connectivity index (χ2v) is 6.41. The van der Waals surface area contributed by atoms with Gasteiger partial charge in [-0.05, 0) is 24.2 Å². The van der Waals surface area contributed by atoms with Crippen LogP contribution in [-0.2, 0) is 0 Å². The molecule has 0 radical (unpaired) electrons. The van der Waals surface area contributed by atoms with E-state index >= 15 is 0 Å². The molecule has 1 nitrogen and oxygen atoms in total. The summed E-state index contributed by atoms with van der Waals surface area (Å²) in [5.41, 5.74) is 6.49. The summed E-state index contributed by atoms with van der Waals surface area (Å²) in [5, 5.41) is 0. The average Bonchev–Trinajstić information content (AvgIpc) is 2.40. The number of hydrogen-bond acceptors (Lipinski definition) is 1. The molecule has 0 bridgehead atoms. The van der Waals surface area contributed by atoms with Gasteiger partial charge < -0.3 is 5.73 Å². The van der Waals surface area contributed by atoms with Crippen LogP contribution in [0.4, 0.5) is 0 Å². The van der Waals surface area contributed by atoms with Crippen molar-refractivity contribution < 1.29 is 0 Å². The van der Waals surface area contributed by atoms with Crippen molar-refractivity contribution in [2.75, 3.05) is 0 Å². The van der Waals surface area contributed by atoms with Crippen LogP contribution in [0.1, 0.15) is 72.1 Å². The third-order valence-corrected chi connectivity index (χ3v) is 3.97. The van der Waals surface area contributed by atoms with E-state index in [0.717, 1.165) is 5.92 Å². The Morgan fingerprint density at radius 1 is 1.07 bits per heavy atom. The van der Waals surface area contributed by atoms with Crippen molar-refractivity contribution in [1.29, 1.82) is 0 Å². The summed E-state index contributed by atoms with van der Waals surface area (Å²) in [6, 6.07) is 0.376. The van der Waals surface area contributed by atoms with Gasteiger partial charge in [-0.3, -0.25) is 0 Å². The summed E-state index contributed by atoms with van der Waals surface area (Å²) in [7, 11) is 0. The van der Waals surface area contributed by atoms with Crippen LogP contribution in [0.3, 0.4) is 0 Å². The molecule has 0 aromatic heterocycles. The van der Waals surface area contributed by atoms with Gasteiger partial charge in [-0.2, -0.15) is 0 Å². The molecule has 0 spiro atoms. The van der Waals surface area contributed by atoms with Crippen molar-refractivity contribution in [2.24, 2.45) is 17.1 Å². The predicted molar refractivity (Wildman–Crippen MR) is 67.9 cm³/mol. The minimum atomic E-state index is 0.282. The molecule has 0 heterocycles. The number of hydrogen-bond donors (Lipinski definition) is 1. The molecule has 0 aliphatic heterocycles. The molecule has 2 N–H and O–H groups in total. The van der Waals surface area contributed by atoms with E-state index in [4.69, 9.17) is 5.73 Å².